The maximum Gasteiger partial charge on any atom is 0.315 e. The summed E-state index contributed by atoms with van der Waals surface area (Å²) in [4.78, 5) is 18.8. The second-order valence-electron chi connectivity index (χ2n) is 7.03. The van der Waals surface area contributed by atoms with Gasteiger partial charge in [0.05, 0.1) is 5.02 Å². The normalized spacial score (nSPS) is 21.5. The fourth-order valence-electron chi connectivity index (χ4n) is 3.99. The van der Waals surface area contributed by atoms with Crippen molar-refractivity contribution in [2.75, 3.05) is 24.5 Å². The van der Waals surface area contributed by atoms with Gasteiger partial charge in [-0.25, -0.2) is 9.78 Å². The summed E-state index contributed by atoms with van der Waals surface area (Å²) in [6, 6.07) is 12.2. The summed E-state index contributed by atoms with van der Waals surface area (Å²) in [5.41, 5.74) is 2.79. The number of fused-ring (bicyclic) bond motifs is 1. The maximum atomic E-state index is 12.3. The number of pyridine rings is 1. The Morgan fingerprint density at radius 1 is 1.23 bits per heavy atom. The van der Waals surface area contributed by atoms with Crippen molar-refractivity contribution in [1.82, 2.24) is 15.6 Å². The van der Waals surface area contributed by atoms with Gasteiger partial charge in [-0.1, -0.05) is 35.9 Å². The van der Waals surface area contributed by atoms with Crippen molar-refractivity contribution in [3.63, 3.8) is 0 Å². The Morgan fingerprint density at radius 3 is 3.00 bits per heavy atom. The van der Waals surface area contributed by atoms with E-state index in [1.54, 1.807) is 6.20 Å². The van der Waals surface area contributed by atoms with Crippen molar-refractivity contribution in [1.29, 1.82) is 0 Å². The quantitative estimate of drug-likeness (QED) is 0.867. The van der Waals surface area contributed by atoms with E-state index in [0.29, 0.717) is 17.5 Å². The zero-order valence-corrected chi connectivity index (χ0v) is 15.4. The number of rotatable bonds is 4. The lowest BCUT2D eigenvalue weighted by molar-refractivity contribution is 0.237. The SMILES string of the molecule is O=C(NCC1CCc2ccccc21)NC1CCN(c2ncccc2Cl)C1. The number of aromatic nitrogens is 1. The van der Waals surface area contributed by atoms with E-state index in [1.165, 1.54) is 11.1 Å². The molecule has 2 amide bonds. The minimum Gasteiger partial charge on any atom is -0.353 e. The van der Waals surface area contributed by atoms with Gasteiger partial charge in [0.1, 0.15) is 5.82 Å². The third-order valence-corrected chi connectivity index (χ3v) is 5.62. The number of carbonyl (C=O) groups excluding carboxylic acids is 1. The summed E-state index contributed by atoms with van der Waals surface area (Å²) in [5.74, 6) is 1.21. The van der Waals surface area contributed by atoms with E-state index in [0.717, 1.165) is 38.2 Å². The van der Waals surface area contributed by atoms with Crippen LogP contribution >= 0.6 is 11.6 Å². The molecule has 2 unspecified atom stereocenters. The van der Waals surface area contributed by atoms with E-state index in [4.69, 9.17) is 11.6 Å². The number of urea groups is 1. The number of carbonyl (C=O) groups is 1. The predicted molar refractivity (Wildman–Crippen MR) is 104 cm³/mol. The van der Waals surface area contributed by atoms with Gasteiger partial charge in [0.25, 0.3) is 0 Å². The first-order valence-electron chi connectivity index (χ1n) is 9.18. The highest BCUT2D eigenvalue weighted by atomic mass is 35.5. The topological polar surface area (TPSA) is 57.3 Å². The molecule has 0 spiro atoms. The summed E-state index contributed by atoms with van der Waals surface area (Å²) in [5, 5.41) is 6.78. The summed E-state index contributed by atoms with van der Waals surface area (Å²) in [6.45, 7) is 2.26. The molecular weight excluding hydrogens is 348 g/mol. The highest BCUT2D eigenvalue weighted by Crippen LogP contribution is 2.32. The molecule has 136 valence electrons. The molecule has 6 heteroatoms. The molecule has 1 aromatic heterocycles. The molecule has 1 aromatic carbocycles. The van der Waals surface area contributed by atoms with Crippen molar-refractivity contribution in [3.05, 3.63) is 58.7 Å². The molecule has 1 aliphatic heterocycles. The molecule has 0 saturated carbocycles. The lowest BCUT2D eigenvalue weighted by Crippen LogP contribution is -2.44. The number of benzene rings is 1. The van der Waals surface area contributed by atoms with Crippen molar-refractivity contribution in [2.45, 2.75) is 31.2 Å². The highest BCUT2D eigenvalue weighted by Gasteiger charge is 2.27. The first kappa shape index (κ1) is 17.2. The van der Waals surface area contributed by atoms with Gasteiger partial charge >= 0.3 is 6.03 Å². The van der Waals surface area contributed by atoms with E-state index >= 15 is 0 Å². The predicted octanol–water partition coefficient (Wildman–Crippen LogP) is 3.34. The average Bonchev–Trinajstić information content (AvgIpc) is 3.27. The summed E-state index contributed by atoms with van der Waals surface area (Å²) in [6.07, 6.45) is 4.85. The van der Waals surface area contributed by atoms with E-state index < -0.39 is 0 Å². The largest absolute Gasteiger partial charge is 0.353 e. The Balaban J connectivity index is 1.27. The van der Waals surface area contributed by atoms with Gasteiger partial charge in [-0.15, -0.1) is 0 Å². The second-order valence-corrected chi connectivity index (χ2v) is 7.44. The van der Waals surface area contributed by atoms with E-state index in [-0.39, 0.29) is 12.1 Å². The molecule has 4 rings (SSSR count). The van der Waals surface area contributed by atoms with Crippen LogP contribution in [-0.4, -0.2) is 36.7 Å². The van der Waals surface area contributed by atoms with Gasteiger partial charge in [0, 0.05) is 37.8 Å². The number of nitrogens with one attached hydrogen (secondary N) is 2. The first-order chi connectivity index (χ1) is 12.7. The third kappa shape index (κ3) is 3.63. The van der Waals surface area contributed by atoms with Crippen LogP contribution in [0, 0.1) is 0 Å². The zero-order chi connectivity index (χ0) is 17.9. The molecule has 1 aliphatic carbocycles. The molecule has 2 aromatic rings. The number of hydrogen-bond donors (Lipinski definition) is 2. The van der Waals surface area contributed by atoms with Crippen molar-refractivity contribution >= 4 is 23.4 Å². The van der Waals surface area contributed by atoms with Crippen molar-refractivity contribution in [3.8, 4) is 0 Å². The molecular formula is C20H23ClN4O. The Kier molecular flexibility index (Phi) is 4.98. The summed E-state index contributed by atoms with van der Waals surface area (Å²) in [7, 11) is 0. The van der Waals surface area contributed by atoms with Gasteiger partial charge < -0.3 is 15.5 Å². The molecule has 5 nitrogen and oxygen atoms in total. The Morgan fingerprint density at radius 2 is 2.12 bits per heavy atom. The highest BCUT2D eigenvalue weighted by molar-refractivity contribution is 6.32. The van der Waals surface area contributed by atoms with Crippen molar-refractivity contribution in [2.24, 2.45) is 0 Å². The minimum absolute atomic E-state index is 0.0895. The van der Waals surface area contributed by atoms with Crippen LogP contribution in [0.25, 0.3) is 0 Å². The monoisotopic (exact) mass is 370 g/mol. The molecule has 2 atom stereocenters. The van der Waals surface area contributed by atoms with Gasteiger partial charge in [-0.3, -0.25) is 0 Å². The number of amides is 2. The zero-order valence-electron chi connectivity index (χ0n) is 14.6. The average molecular weight is 371 g/mol. The Labute approximate surface area is 158 Å². The van der Waals surface area contributed by atoms with Crippen LogP contribution in [0.15, 0.2) is 42.6 Å². The van der Waals surface area contributed by atoms with Gasteiger partial charge in [-0.05, 0) is 42.5 Å². The molecule has 2 N–H and O–H groups in total. The molecule has 2 heterocycles. The van der Waals surface area contributed by atoms with E-state index in [2.05, 4.69) is 44.8 Å². The Bertz CT molecular complexity index is 797. The number of halogens is 1. The molecule has 1 saturated heterocycles. The molecule has 2 aliphatic rings. The number of nitrogens with zero attached hydrogens (tertiary/aromatic N) is 2. The number of anilines is 1. The van der Waals surface area contributed by atoms with Crippen LogP contribution in [0.3, 0.4) is 0 Å². The molecule has 0 radical (unpaired) electrons. The van der Waals surface area contributed by atoms with Gasteiger partial charge in [-0.2, -0.15) is 0 Å². The molecule has 1 fully saturated rings. The van der Waals surface area contributed by atoms with Crippen LogP contribution in [0.1, 0.15) is 29.9 Å². The number of aryl methyl sites for hydroxylation is 1. The van der Waals surface area contributed by atoms with Crippen LogP contribution in [0.2, 0.25) is 5.02 Å². The van der Waals surface area contributed by atoms with Crippen LogP contribution < -0.4 is 15.5 Å². The van der Waals surface area contributed by atoms with E-state index in [1.807, 2.05) is 12.1 Å². The van der Waals surface area contributed by atoms with E-state index in [9.17, 15) is 4.79 Å². The first-order valence-corrected chi connectivity index (χ1v) is 9.56. The number of hydrogen-bond acceptors (Lipinski definition) is 3. The second kappa shape index (κ2) is 7.54. The van der Waals surface area contributed by atoms with Crippen molar-refractivity contribution < 1.29 is 4.79 Å². The lowest BCUT2D eigenvalue weighted by atomic mass is 10.0. The Hall–Kier alpha value is -2.27. The van der Waals surface area contributed by atoms with Crippen LogP contribution in [-0.2, 0) is 6.42 Å². The van der Waals surface area contributed by atoms with Gasteiger partial charge in [0.2, 0.25) is 0 Å². The third-order valence-electron chi connectivity index (χ3n) is 5.33. The smallest absolute Gasteiger partial charge is 0.315 e. The standard InChI is InChI=1S/C20H23ClN4O/c21-18-6-3-10-22-19(18)25-11-9-16(13-25)24-20(26)23-12-15-8-7-14-4-1-2-5-17(14)15/h1-6,10,15-16H,7-9,11-13H2,(H2,23,24,26). The summed E-state index contributed by atoms with van der Waals surface area (Å²) < 4.78 is 0. The van der Waals surface area contributed by atoms with Crippen LogP contribution in [0.4, 0.5) is 10.6 Å². The van der Waals surface area contributed by atoms with Gasteiger partial charge in [0.15, 0.2) is 0 Å². The fraction of sp³-hybridized carbons (Fsp3) is 0.400. The maximum absolute atomic E-state index is 12.3. The fourth-order valence-corrected chi connectivity index (χ4v) is 4.23. The molecule has 0 bridgehead atoms. The molecule has 26 heavy (non-hydrogen) atoms. The summed E-state index contributed by atoms with van der Waals surface area (Å²) >= 11 is 6.22. The van der Waals surface area contributed by atoms with Crippen LogP contribution in [0.5, 0.6) is 0 Å². The minimum atomic E-state index is -0.0895. The lowest BCUT2D eigenvalue weighted by Gasteiger charge is -2.19.